The van der Waals surface area contributed by atoms with Gasteiger partial charge in [0.2, 0.25) is 0 Å². The molecule has 9 heteroatoms. The Hall–Kier alpha value is -4.71. The molecular weight excluding hydrogens is 426 g/mol. The van der Waals surface area contributed by atoms with Crippen LogP contribution in [0.1, 0.15) is 28.6 Å². The molecule has 1 heterocycles. The zero-order valence-corrected chi connectivity index (χ0v) is 17.8. The normalized spacial score (nSPS) is 10.9. The molecule has 0 atom stereocenters. The Kier molecular flexibility index (Phi) is 7.00. The number of esters is 1. The Morgan fingerprint density at radius 3 is 2.55 bits per heavy atom. The lowest BCUT2D eigenvalue weighted by Gasteiger charge is -2.07. The molecule has 1 aromatic heterocycles. The van der Waals surface area contributed by atoms with E-state index in [-0.39, 0.29) is 29.3 Å². The molecule has 0 saturated carbocycles. The summed E-state index contributed by atoms with van der Waals surface area (Å²) in [6, 6.07) is 15.8. The molecule has 3 aromatic rings. The lowest BCUT2D eigenvalue weighted by atomic mass is 10.1. The largest absolute Gasteiger partial charge is 0.462 e. The smallest absolute Gasteiger partial charge is 0.338 e. The van der Waals surface area contributed by atoms with Crippen LogP contribution in [0.4, 0.5) is 11.4 Å². The summed E-state index contributed by atoms with van der Waals surface area (Å²) < 4.78 is 10.7. The first kappa shape index (κ1) is 23.0. The van der Waals surface area contributed by atoms with Crippen LogP contribution in [0, 0.1) is 28.4 Å². The molecule has 1 N–H and O–H groups in total. The van der Waals surface area contributed by atoms with Crippen molar-refractivity contribution in [2.75, 3.05) is 11.9 Å². The first-order chi connectivity index (χ1) is 15.8. The van der Waals surface area contributed by atoms with Gasteiger partial charge in [-0.2, -0.15) is 5.26 Å². The summed E-state index contributed by atoms with van der Waals surface area (Å²) in [5, 5.41) is 22.9. The van der Waals surface area contributed by atoms with Crippen molar-refractivity contribution < 1.29 is 23.7 Å². The Bertz CT molecular complexity index is 1280. The van der Waals surface area contributed by atoms with E-state index >= 15 is 0 Å². The average Bonchev–Trinajstić information content (AvgIpc) is 3.27. The van der Waals surface area contributed by atoms with Gasteiger partial charge in [0.1, 0.15) is 23.2 Å². The van der Waals surface area contributed by atoms with Crippen LogP contribution in [0.2, 0.25) is 0 Å². The van der Waals surface area contributed by atoms with Gasteiger partial charge in [-0.25, -0.2) is 4.79 Å². The van der Waals surface area contributed by atoms with E-state index in [9.17, 15) is 25.0 Å². The summed E-state index contributed by atoms with van der Waals surface area (Å²) in [5.74, 6) is -0.403. The summed E-state index contributed by atoms with van der Waals surface area (Å²) in [7, 11) is 0. The van der Waals surface area contributed by atoms with Gasteiger partial charge < -0.3 is 14.5 Å². The van der Waals surface area contributed by atoms with Crippen molar-refractivity contribution in [2.24, 2.45) is 0 Å². The van der Waals surface area contributed by atoms with E-state index in [1.807, 2.05) is 6.07 Å². The van der Waals surface area contributed by atoms with Crippen LogP contribution in [-0.4, -0.2) is 23.4 Å². The van der Waals surface area contributed by atoms with Crippen molar-refractivity contribution in [3.05, 3.63) is 87.2 Å². The Balaban J connectivity index is 1.78. The number of ether oxygens (including phenoxy) is 1. The number of nitro benzene ring substituents is 1. The van der Waals surface area contributed by atoms with Gasteiger partial charge in [0.15, 0.2) is 0 Å². The summed E-state index contributed by atoms with van der Waals surface area (Å²) in [6.07, 6.45) is 1.28. The number of nitriles is 1. The van der Waals surface area contributed by atoms with Crippen LogP contribution in [0.3, 0.4) is 0 Å². The molecule has 1 amide bonds. The average molecular weight is 445 g/mol. The molecule has 0 aliphatic carbocycles. The van der Waals surface area contributed by atoms with Crippen LogP contribution >= 0.6 is 0 Å². The number of hydrogen-bond donors (Lipinski definition) is 1. The number of non-ortho nitro benzene ring substituents is 1. The third kappa shape index (κ3) is 5.51. The molecule has 0 saturated heterocycles. The predicted octanol–water partition coefficient (Wildman–Crippen LogP) is 4.89. The number of amides is 1. The van der Waals surface area contributed by atoms with Crippen LogP contribution in [0.15, 0.2) is 64.6 Å². The quantitative estimate of drug-likeness (QED) is 0.180. The van der Waals surface area contributed by atoms with Gasteiger partial charge in [-0.15, -0.1) is 0 Å². The topological polar surface area (TPSA) is 135 Å². The summed E-state index contributed by atoms with van der Waals surface area (Å²) in [4.78, 5) is 34.7. The molecule has 0 spiro atoms. The monoisotopic (exact) mass is 445 g/mol. The van der Waals surface area contributed by atoms with Gasteiger partial charge in [0.25, 0.3) is 11.6 Å². The highest BCUT2D eigenvalue weighted by Crippen LogP contribution is 2.25. The van der Waals surface area contributed by atoms with E-state index in [1.54, 1.807) is 50.2 Å². The van der Waals surface area contributed by atoms with E-state index in [2.05, 4.69) is 5.32 Å². The predicted molar refractivity (Wildman–Crippen MR) is 120 cm³/mol. The molecule has 166 valence electrons. The summed E-state index contributed by atoms with van der Waals surface area (Å²) in [5.41, 5.74) is 1.53. The number of carbonyl (C=O) groups excluding carboxylic acids is 2. The maximum atomic E-state index is 12.6. The third-order valence-corrected chi connectivity index (χ3v) is 4.64. The van der Waals surface area contributed by atoms with E-state index in [1.165, 1.54) is 24.3 Å². The standard InChI is InChI=1S/C24H19N3O6/c1-3-32-24(29)17-7-5-16(6-8-17)22-11-10-20(33-22)12-18(14-25)23(28)26-21-13-19(27(30)31)9-4-15(21)2/h4-13H,3H2,1-2H3,(H,26,28). The van der Waals surface area contributed by atoms with Crippen LogP contribution in [-0.2, 0) is 9.53 Å². The van der Waals surface area contributed by atoms with Crippen molar-refractivity contribution in [1.82, 2.24) is 0 Å². The highest BCUT2D eigenvalue weighted by molar-refractivity contribution is 6.09. The van der Waals surface area contributed by atoms with Gasteiger partial charge in [-0.3, -0.25) is 14.9 Å². The molecule has 0 unspecified atom stereocenters. The fourth-order valence-electron chi connectivity index (χ4n) is 2.91. The van der Waals surface area contributed by atoms with Crippen LogP contribution < -0.4 is 5.32 Å². The molecule has 33 heavy (non-hydrogen) atoms. The van der Waals surface area contributed by atoms with Crippen molar-refractivity contribution in [3.63, 3.8) is 0 Å². The number of carbonyl (C=O) groups is 2. The van der Waals surface area contributed by atoms with Gasteiger partial charge in [-0.05, 0) is 43.7 Å². The second-order valence-corrected chi connectivity index (χ2v) is 6.88. The fourth-order valence-corrected chi connectivity index (χ4v) is 2.91. The number of nitrogens with one attached hydrogen (secondary N) is 1. The number of hydrogen-bond acceptors (Lipinski definition) is 7. The SMILES string of the molecule is CCOC(=O)c1ccc(-c2ccc(C=C(C#N)C(=O)Nc3cc([N+](=O)[O-])ccc3C)o2)cc1. The van der Waals surface area contributed by atoms with Gasteiger partial charge in [0.05, 0.1) is 22.8 Å². The number of anilines is 1. The Morgan fingerprint density at radius 1 is 1.18 bits per heavy atom. The maximum absolute atomic E-state index is 12.6. The highest BCUT2D eigenvalue weighted by atomic mass is 16.6. The van der Waals surface area contributed by atoms with Crippen LogP contribution in [0.5, 0.6) is 0 Å². The van der Waals surface area contributed by atoms with E-state index in [4.69, 9.17) is 9.15 Å². The van der Waals surface area contributed by atoms with Crippen LogP contribution in [0.25, 0.3) is 17.4 Å². The fraction of sp³-hybridized carbons (Fsp3) is 0.125. The second kappa shape index (κ2) is 10.1. The van der Waals surface area contributed by atoms with Crippen molar-refractivity contribution in [1.29, 1.82) is 5.26 Å². The molecule has 2 aromatic carbocycles. The van der Waals surface area contributed by atoms with E-state index in [0.29, 0.717) is 22.5 Å². The first-order valence-electron chi connectivity index (χ1n) is 9.88. The molecule has 0 bridgehead atoms. The molecule has 0 aliphatic rings. The summed E-state index contributed by atoms with van der Waals surface area (Å²) in [6.45, 7) is 3.69. The molecule has 0 fully saturated rings. The zero-order valence-electron chi connectivity index (χ0n) is 17.8. The second-order valence-electron chi connectivity index (χ2n) is 6.88. The molecule has 3 rings (SSSR count). The maximum Gasteiger partial charge on any atom is 0.338 e. The number of nitrogens with zero attached hydrogens (tertiary/aromatic N) is 2. The van der Waals surface area contributed by atoms with Gasteiger partial charge >= 0.3 is 5.97 Å². The lowest BCUT2D eigenvalue weighted by Crippen LogP contribution is -2.14. The molecule has 9 nitrogen and oxygen atoms in total. The van der Waals surface area contributed by atoms with Crippen molar-refractivity contribution >= 4 is 29.3 Å². The Morgan fingerprint density at radius 2 is 1.91 bits per heavy atom. The number of aryl methyl sites for hydroxylation is 1. The highest BCUT2D eigenvalue weighted by Gasteiger charge is 2.15. The van der Waals surface area contributed by atoms with Crippen molar-refractivity contribution in [2.45, 2.75) is 13.8 Å². The van der Waals surface area contributed by atoms with E-state index < -0.39 is 16.8 Å². The number of furan rings is 1. The molecule has 0 aliphatic heterocycles. The zero-order chi connectivity index (χ0) is 24.0. The number of nitro groups is 1. The van der Waals surface area contributed by atoms with Gasteiger partial charge in [0, 0.05) is 23.8 Å². The number of rotatable bonds is 7. The van der Waals surface area contributed by atoms with Crippen molar-refractivity contribution in [3.8, 4) is 17.4 Å². The Labute approximate surface area is 189 Å². The lowest BCUT2D eigenvalue weighted by molar-refractivity contribution is -0.384. The summed E-state index contributed by atoms with van der Waals surface area (Å²) >= 11 is 0. The third-order valence-electron chi connectivity index (χ3n) is 4.64. The van der Waals surface area contributed by atoms with Gasteiger partial charge in [-0.1, -0.05) is 18.2 Å². The first-order valence-corrected chi connectivity index (χ1v) is 9.88. The van der Waals surface area contributed by atoms with E-state index in [0.717, 1.165) is 0 Å². The minimum Gasteiger partial charge on any atom is -0.462 e. The minimum absolute atomic E-state index is 0.178. The number of benzene rings is 2. The molecular formula is C24H19N3O6. The minimum atomic E-state index is -0.724. The molecule has 0 radical (unpaired) electrons.